The molecule has 0 aromatic heterocycles. The quantitative estimate of drug-likeness (QED) is 0.839. The van der Waals surface area contributed by atoms with Gasteiger partial charge in [-0.1, -0.05) is 25.5 Å². The van der Waals surface area contributed by atoms with Crippen LogP contribution in [0.3, 0.4) is 0 Å². The minimum atomic E-state index is -3.32. The molecule has 0 spiro atoms. The molecular formula is C15H22O4S. The second-order valence-corrected chi connectivity index (χ2v) is 7.75. The van der Waals surface area contributed by atoms with Gasteiger partial charge < -0.3 is 5.11 Å². The highest BCUT2D eigenvalue weighted by molar-refractivity contribution is 7.92. The monoisotopic (exact) mass is 298 g/mol. The lowest BCUT2D eigenvalue weighted by molar-refractivity contribution is -0.137. The zero-order valence-electron chi connectivity index (χ0n) is 12.2. The fourth-order valence-corrected chi connectivity index (χ4v) is 3.28. The Kier molecular flexibility index (Phi) is 5.74. The van der Waals surface area contributed by atoms with Crippen LogP contribution in [0.2, 0.25) is 0 Å². The summed E-state index contributed by atoms with van der Waals surface area (Å²) in [6.45, 7) is 5.27. The summed E-state index contributed by atoms with van der Waals surface area (Å²) >= 11 is 0. The molecule has 1 N–H and O–H groups in total. The standard InChI is InChI=1S/C15H22O4S/c1-4-6-12(10-15(16)17)13-7-5-8-14(9-13)20(18,19)11(2)3/h5,7-9,11-12H,4,6,10H2,1-3H3,(H,16,17). The van der Waals surface area contributed by atoms with Crippen molar-refractivity contribution in [2.45, 2.75) is 56.1 Å². The van der Waals surface area contributed by atoms with E-state index in [0.717, 1.165) is 18.4 Å². The lowest BCUT2D eigenvalue weighted by atomic mass is 9.91. The molecule has 1 aromatic carbocycles. The van der Waals surface area contributed by atoms with E-state index in [4.69, 9.17) is 5.11 Å². The van der Waals surface area contributed by atoms with Crippen molar-refractivity contribution in [2.24, 2.45) is 0 Å². The van der Waals surface area contributed by atoms with Crippen LogP contribution in [0.4, 0.5) is 0 Å². The Labute approximate surface area is 120 Å². The first kappa shape index (κ1) is 16.7. The van der Waals surface area contributed by atoms with E-state index in [-0.39, 0.29) is 17.2 Å². The predicted molar refractivity (Wildman–Crippen MR) is 78.7 cm³/mol. The molecule has 0 aliphatic carbocycles. The van der Waals surface area contributed by atoms with Crippen LogP contribution in [0.5, 0.6) is 0 Å². The van der Waals surface area contributed by atoms with Crippen LogP contribution in [0, 0.1) is 0 Å². The van der Waals surface area contributed by atoms with E-state index in [1.54, 1.807) is 32.0 Å². The normalized spacial score (nSPS) is 13.4. The zero-order chi connectivity index (χ0) is 15.3. The van der Waals surface area contributed by atoms with Gasteiger partial charge in [0.25, 0.3) is 0 Å². The summed E-state index contributed by atoms with van der Waals surface area (Å²) in [4.78, 5) is 11.2. The summed E-state index contributed by atoms with van der Waals surface area (Å²) in [5.41, 5.74) is 0.788. The Bertz CT molecular complexity index is 561. The Morgan fingerprint density at radius 2 is 1.95 bits per heavy atom. The Morgan fingerprint density at radius 3 is 2.45 bits per heavy atom. The number of hydrogen-bond donors (Lipinski definition) is 1. The fraction of sp³-hybridized carbons (Fsp3) is 0.533. The van der Waals surface area contributed by atoms with Gasteiger partial charge in [-0.15, -0.1) is 0 Å². The molecular weight excluding hydrogens is 276 g/mol. The van der Waals surface area contributed by atoms with Crippen LogP contribution in [-0.2, 0) is 14.6 Å². The van der Waals surface area contributed by atoms with Gasteiger partial charge in [-0.2, -0.15) is 0 Å². The Hall–Kier alpha value is -1.36. The highest BCUT2D eigenvalue weighted by atomic mass is 32.2. The SMILES string of the molecule is CCCC(CC(=O)O)c1cccc(S(=O)(=O)C(C)C)c1. The Balaban J connectivity index is 3.16. The number of carbonyl (C=O) groups is 1. The maximum atomic E-state index is 12.2. The molecule has 5 heteroatoms. The van der Waals surface area contributed by atoms with Crippen LogP contribution in [0.1, 0.15) is 51.5 Å². The largest absolute Gasteiger partial charge is 0.481 e. The van der Waals surface area contributed by atoms with Crippen LogP contribution in [0.15, 0.2) is 29.2 Å². The van der Waals surface area contributed by atoms with Gasteiger partial charge in [0.05, 0.1) is 16.6 Å². The molecule has 1 aromatic rings. The molecule has 0 heterocycles. The molecule has 0 bridgehead atoms. The summed E-state index contributed by atoms with van der Waals surface area (Å²) in [5, 5.41) is 8.49. The van der Waals surface area contributed by atoms with Gasteiger partial charge in [0.15, 0.2) is 9.84 Å². The third-order valence-electron chi connectivity index (χ3n) is 3.34. The van der Waals surface area contributed by atoms with Crippen molar-refractivity contribution in [3.63, 3.8) is 0 Å². The minimum absolute atomic E-state index is 0.0268. The van der Waals surface area contributed by atoms with Gasteiger partial charge in [0.1, 0.15) is 0 Å². The maximum Gasteiger partial charge on any atom is 0.303 e. The predicted octanol–water partition coefficient (Wildman–Crippen LogP) is 3.23. The van der Waals surface area contributed by atoms with Crippen LogP contribution >= 0.6 is 0 Å². The molecule has 0 amide bonds. The van der Waals surface area contributed by atoms with Crippen LogP contribution in [0.25, 0.3) is 0 Å². The highest BCUT2D eigenvalue weighted by Crippen LogP contribution is 2.28. The molecule has 0 aliphatic rings. The third kappa shape index (κ3) is 4.07. The Morgan fingerprint density at radius 1 is 1.30 bits per heavy atom. The van der Waals surface area contributed by atoms with Gasteiger partial charge in [0, 0.05) is 0 Å². The second-order valence-electron chi connectivity index (χ2n) is 5.25. The van der Waals surface area contributed by atoms with Crippen molar-refractivity contribution < 1.29 is 18.3 Å². The molecule has 112 valence electrons. The summed E-state index contributed by atoms with van der Waals surface area (Å²) in [6, 6.07) is 6.69. The van der Waals surface area contributed by atoms with Gasteiger partial charge in [0.2, 0.25) is 0 Å². The molecule has 4 nitrogen and oxygen atoms in total. The number of benzene rings is 1. The topological polar surface area (TPSA) is 71.4 Å². The molecule has 0 saturated carbocycles. The molecule has 20 heavy (non-hydrogen) atoms. The number of sulfone groups is 1. The van der Waals surface area contributed by atoms with Crippen molar-refractivity contribution in [3.8, 4) is 0 Å². The average molecular weight is 298 g/mol. The number of rotatable bonds is 7. The molecule has 0 aliphatic heterocycles. The first-order valence-electron chi connectivity index (χ1n) is 6.84. The maximum absolute atomic E-state index is 12.2. The summed E-state index contributed by atoms with van der Waals surface area (Å²) in [5.74, 6) is -1.000. The summed E-state index contributed by atoms with van der Waals surface area (Å²) < 4.78 is 24.3. The van der Waals surface area contributed by atoms with Gasteiger partial charge in [-0.25, -0.2) is 8.42 Å². The first-order chi connectivity index (χ1) is 9.28. The number of hydrogen-bond acceptors (Lipinski definition) is 3. The van der Waals surface area contributed by atoms with Crippen LogP contribution in [-0.4, -0.2) is 24.7 Å². The zero-order valence-corrected chi connectivity index (χ0v) is 13.0. The van der Waals surface area contributed by atoms with Crippen molar-refractivity contribution >= 4 is 15.8 Å². The van der Waals surface area contributed by atoms with E-state index in [0.29, 0.717) is 0 Å². The lowest BCUT2D eigenvalue weighted by Gasteiger charge is -2.16. The number of carboxylic acids is 1. The minimum Gasteiger partial charge on any atom is -0.481 e. The highest BCUT2D eigenvalue weighted by Gasteiger charge is 2.21. The molecule has 1 rings (SSSR count). The van der Waals surface area contributed by atoms with Crippen molar-refractivity contribution in [1.29, 1.82) is 0 Å². The number of aliphatic carboxylic acids is 1. The summed E-state index contributed by atoms with van der Waals surface area (Å²) in [7, 11) is -3.32. The van der Waals surface area contributed by atoms with E-state index in [2.05, 4.69) is 0 Å². The van der Waals surface area contributed by atoms with E-state index >= 15 is 0 Å². The average Bonchev–Trinajstić information content (AvgIpc) is 2.37. The fourth-order valence-electron chi connectivity index (χ4n) is 2.16. The first-order valence-corrected chi connectivity index (χ1v) is 8.39. The van der Waals surface area contributed by atoms with E-state index in [1.807, 2.05) is 13.0 Å². The molecule has 0 radical (unpaired) electrons. The van der Waals surface area contributed by atoms with Gasteiger partial charge in [-0.3, -0.25) is 4.79 Å². The molecule has 0 saturated heterocycles. The van der Waals surface area contributed by atoms with Crippen molar-refractivity contribution in [1.82, 2.24) is 0 Å². The summed E-state index contributed by atoms with van der Waals surface area (Å²) in [6.07, 6.45) is 1.62. The number of carboxylic acid groups (broad SMARTS) is 1. The second kappa shape index (κ2) is 6.88. The molecule has 1 atom stereocenters. The van der Waals surface area contributed by atoms with Crippen molar-refractivity contribution in [3.05, 3.63) is 29.8 Å². The molecule has 0 fully saturated rings. The smallest absolute Gasteiger partial charge is 0.303 e. The third-order valence-corrected chi connectivity index (χ3v) is 5.49. The van der Waals surface area contributed by atoms with Gasteiger partial charge >= 0.3 is 5.97 Å². The molecule has 1 unspecified atom stereocenters. The van der Waals surface area contributed by atoms with Gasteiger partial charge in [-0.05, 0) is 43.9 Å². The van der Waals surface area contributed by atoms with E-state index in [9.17, 15) is 13.2 Å². The van der Waals surface area contributed by atoms with E-state index < -0.39 is 21.1 Å². The lowest BCUT2D eigenvalue weighted by Crippen LogP contribution is -2.15. The van der Waals surface area contributed by atoms with E-state index in [1.165, 1.54) is 0 Å². The van der Waals surface area contributed by atoms with Crippen molar-refractivity contribution in [2.75, 3.05) is 0 Å². The van der Waals surface area contributed by atoms with Crippen LogP contribution < -0.4 is 0 Å².